The minimum atomic E-state index is -0.403. The lowest BCUT2D eigenvalue weighted by molar-refractivity contribution is -0.160. The Bertz CT molecular complexity index is 785. The van der Waals surface area contributed by atoms with Crippen molar-refractivity contribution in [1.29, 1.82) is 0 Å². The first-order valence-electron chi connectivity index (χ1n) is 8.89. The Hall–Kier alpha value is -2.45. The minimum Gasteiger partial charge on any atom is -0.347 e. The topological polar surface area (TPSA) is 98.5 Å². The molecule has 1 aliphatic carbocycles. The number of aromatic nitrogens is 2. The molecule has 2 heterocycles. The maximum atomic E-state index is 12.2. The SMILES string of the molecule is Cc1nc(-c2cccc(NC(=O)NCC3COC4(CCCC4)O3)c2)no1. The van der Waals surface area contributed by atoms with E-state index in [0.29, 0.717) is 30.6 Å². The molecule has 1 spiro atoms. The number of urea groups is 1. The number of nitrogens with one attached hydrogen (secondary N) is 2. The number of aryl methyl sites for hydroxylation is 1. The first-order valence-corrected chi connectivity index (χ1v) is 8.89. The molecule has 4 rings (SSSR count). The third kappa shape index (κ3) is 3.71. The summed E-state index contributed by atoms with van der Waals surface area (Å²) in [4.78, 5) is 16.4. The highest BCUT2D eigenvalue weighted by atomic mass is 16.7. The van der Waals surface area contributed by atoms with Crippen LogP contribution in [0.15, 0.2) is 28.8 Å². The Morgan fingerprint density at radius 1 is 1.35 bits per heavy atom. The van der Waals surface area contributed by atoms with Crippen molar-refractivity contribution in [2.24, 2.45) is 0 Å². The van der Waals surface area contributed by atoms with E-state index in [1.54, 1.807) is 19.1 Å². The Morgan fingerprint density at radius 2 is 2.19 bits per heavy atom. The molecule has 0 bridgehead atoms. The second-order valence-electron chi connectivity index (χ2n) is 6.72. The number of carbonyl (C=O) groups excluding carboxylic acids is 1. The summed E-state index contributed by atoms with van der Waals surface area (Å²) in [5.41, 5.74) is 1.42. The largest absolute Gasteiger partial charge is 0.347 e. The van der Waals surface area contributed by atoms with Crippen LogP contribution >= 0.6 is 0 Å². The van der Waals surface area contributed by atoms with Crippen LogP contribution in [-0.4, -0.2) is 41.2 Å². The maximum Gasteiger partial charge on any atom is 0.319 e. The quantitative estimate of drug-likeness (QED) is 0.872. The van der Waals surface area contributed by atoms with Gasteiger partial charge in [0.2, 0.25) is 11.7 Å². The van der Waals surface area contributed by atoms with Crippen molar-refractivity contribution < 1.29 is 18.8 Å². The number of amides is 2. The summed E-state index contributed by atoms with van der Waals surface area (Å²) in [5, 5.41) is 9.53. The summed E-state index contributed by atoms with van der Waals surface area (Å²) in [6.07, 6.45) is 4.05. The number of nitrogens with zero attached hydrogens (tertiary/aromatic N) is 2. The van der Waals surface area contributed by atoms with Crippen LogP contribution in [-0.2, 0) is 9.47 Å². The van der Waals surface area contributed by atoms with Gasteiger partial charge in [-0.1, -0.05) is 17.3 Å². The Kier molecular flexibility index (Phi) is 4.60. The van der Waals surface area contributed by atoms with Crippen LogP contribution < -0.4 is 10.6 Å². The van der Waals surface area contributed by atoms with E-state index in [0.717, 1.165) is 31.2 Å². The Labute approximate surface area is 151 Å². The van der Waals surface area contributed by atoms with Gasteiger partial charge in [0.05, 0.1) is 6.61 Å². The molecular weight excluding hydrogens is 336 g/mol. The molecule has 26 heavy (non-hydrogen) atoms. The fourth-order valence-corrected chi connectivity index (χ4v) is 3.43. The summed E-state index contributed by atoms with van der Waals surface area (Å²) >= 11 is 0. The summed E-state index contributed by atoms with van der Waals surface area (Å²) in [6, 6.07) is 7.00. The van der Waals surface area contributed by atoms with Crippen molar-refractivity contribution in [3.63, 3.8) is 0 Å². The predicted molar refractivity (Wildman–Crippen MR) is 93.5 cm³/mol. The van der Waals surface area contributed by atoms with Gasteiger partial charge in [0, 0.05) is 37.6 Å². The van der Waals surface area contributed by atoms with E-state index in [2.05, 4.69) is 20.8 Å². The predicted octanol–water partition coefficient (Wildman–Crippen LogP) is 2.85. The Morgan fingerprint density at radius 3 is 2.96 bits per heavy atom. The van der Waals surface area contributed by atoms with Gasteiger partial charge in [-0.15, -0.1) is 0 Å². The molecule has 2 N–H and O–H groups in total. The zero-order valence-corrected chi connectivity index (χ0v) is 14.7. The summed E-state index contributed by atoms with van der Waals surface area (Å²) in [5.74, 6) is 0.583. The van der Waals surface area contributed by atoms with Crippen LogP contribution in [0, 0.1) is 6.92 Å². The average molecular weight is 358 g/mol. The molecule has 8 nitrogen and oxygen atoms in total. The highest BCUT2D eigenvalue weighted by Gasteiger charge is 2.43. The second-order valence-corrected chi connectivity index (χ2v) is 6.72. The molecule has 8 heteroatoms. The van der Waals surface area contributed by atoms with Gasteiger partial charge in [0.15, 0.2) is 5.79 Å². The van der Waals surface area contributed by atoms with Crippen LogP contribution in [0.5, 0.6) is 0 Å². The van der Waals surface area contributed by atoms with Crippen LogP contribution in [0.2, 0.25) is 0 Å². The molecule has 2 amide bonds. The number of anilines is 1. The van der Waals surface area contributed by atoms with E-state index in [1.165, 1.54) is 0 Å². The van der Waals surface area contributed by atoms with Crippen LogP contribution in [0.3, 0.4) is 0 Å². The van der Waals surface area contributed by atoms with Gasteiger partial charge in [-0.25, -0.2) is 4.79 Å². The standard InChI is InChI=1S/C18H22N4O4/c1-12-20-16(22-26-12)13-5-4-6-14(9-13)21-17(23)19-10-15-11-24-18(25-15)7-2-3-8-18/h4-6,9,15H,2-3,7-8,10-11H2,1H3,(H2,19,21,23). The second kappa shape index (κ2) is 7.05. The molecule has 0 radical (unpaired) electrons. The van der Waals surface area contributed by atoms with Gasteiger partial charge in [-0.2, -0.15) is 4.98 Å². The highest BCUT2D eigenvalue weighted by molar-refractivity contribution is 5.89. The van der Waals surface area contributed by atoms with Gasteiger partial charge in [0.25, 0.3) is 0 Å². The number of carbonyl (C=O) groups is 1. The molecular formula is C18H22N4O4. The van der Waals surface area contributed by atoms with Crippen LogP contribution in [0.25, 0.3) is 11.4 Å². The first kappa shape index (κ1) is 17.0. The third-order valence-electron chi connectivity index (χ3n) is 4.68. The molecule has 2 aliphatic rings. The molecule has 1 aromatic heterocycles. The number of benzene rings is 1. The van der Waals surface area contributed by atoms with Crippen LogP contribution in [0.1, 0.15) is 31.6 Å². The zero-order valence-electron chi connectivity index (χ0n) is 14.7. The molecule has 1 saturated carbocycles. The van der Waals surface area contributed by atoms with E-state index in [-0.39, 0.29) is 12.1 Å². The van der Waals surface area contributed by atoms with Crippen molar-refractivity contribution in [3.05, 3.63) is 30.2 Å². The number of rotatable bonds is 4. The number of hydrogen-bond acceptors (Lipinski definition) is 6. The average Bonchev–Trinajstić information content (AvgIpc) is 3.36. The smallest absolute Gasteiger partial charge is 0.319 e. The van der Waals surface area contributed by atoms with Crippen molar-refractivity contribution >= 4 is 11.7 Å². The van der Waals surface area contributed by atoms with Gasteiger partial charge >= 0.3 is 6.03 Å². The van der Waals surface area contributed by atoms with Crippen molar-refractivity contribution in [1.82, 2.24) is 15.5 Å². The zero-order chi connectivity index (χ0) is 18.0. The maximum absolute atomic E-state index is 12.2. The summed E-state index contributed by atoms with van der Waals surface area (Å²) in [7, 11) is 0. The van der Waals surface area contributed by atoms with E-state index < -0.39 is 5.79 Å². The molecule has 1 aliphatic heterocycles. The molecule has 1 aromatic carbocycles. The van der Waals surface area contributed by atoms with Crippen molar-refractivity contribution in [2.45, 2.75) is 44.5 Å². The third-order valence-corrected chi connectivity index (χ3v) is 4.68. The summed E-state index contributed by atoms with van der Waals surface area (Å²) in [6.45, 7) is 2.67. The minimum absolute atomic E-state index is 0.104. The van der Waals surface area contributed by atoms with Gasteiger partial charge in [-0.05, 0) is 25.0 Å². The molecule has 1 unspecified atom stereocenters. The molecule has 1 atom stereocenters. The Balaban J connectivity index is 1.30. The number of ether oxygens (including phenoxy) is 2. The van der Waals surface area contributed by atoms with Gasteiger partial charge in [0.1, 0.15) is 6.10 Å². The first-order chi connectivity index (χ1) is 12.6. The lowest BCUT2D eigenvalue weighted by atomic mass is 10.2. The monoisotopic (exact) mass is 358 g/mol. The lowest BCUT2D eigenvalue weighted by Gasteiger charge is -2.22. The van der Waals surface area contributed by atoms with Crippen molar-refractivity contribution in [3.8, 4) is 11.4 Å². The molecule has 138 valence electrons. The van der Waals surface area contributed by atoms with Gasteiger partial charge in [-0.3, -0.25) is 0 Å². The van der Waals surface area contributed by atoms with Gasteiger partial charge < -0.3 is 24.6 Å². The molecule has 2 fully saturated rings. The van der Waals surface area contributed by atoms with E-state index in [4.69, 9.17) is 14.0 Å². The lowest BCUT2D eigenvalue weighted by Crippen LogP contribution is -2.37. The van der Waals surface area contributed by atoms with E-state index >= 15 is 0 Å². The van der Waals surface area contributed by atoms with Crippen LogP contribution in [0.4, 0.5) is 10.5 Å². The van der Waals surface area contributed by atoms with E-state index in [1.807, 2.05) is 12.1 Å². The highest BCUT2D eigenvalue weighted by Crippen LogP contribution is 2.38. The normalized spacial score (nSPS) is 21.2. The molecule has 1 saturated heterocycles. The number of hydrogen-bond donors (Lipinski definition) is 2. The summed E-state index contributed by atoms with van der Waals surface area (Å²) < 4.78 is 16.8. The van der Waals surface area contributed by atoms with E-state index in [9.17, 15) is 4.79 Å². The molecule has 2 aromatic rings. The fraction of sp³-hybridized carbons (Fsp3) is 0.500. The van der Waals surface area contributed by atoms with Crippen molar-refractivity contribution in [2.75, 3.05) is 18.5 Å². The fourth-order valence-electron chi connectivity index (χ4n) is 3.43.